The molecule has 1 fully saturated rings. The molecule has 35 heavy (non-hydrogen) atoms. The minimum Gasteiger partial charge on any atom is -0.388 e. The number of likely N-dealkylation sites (tertiary alicyclic amines) is 1. The number of aromatic nitrogens is 1. The van der Waals surface area contributed by atoms with Gasteiger partial charge in [0.1, 0.15) is 9.71 Å². The Labute approximate surface area is 207 Å². The van der Waals surface area contributed by atoms with Crippen LogP contribution in [0, 0.1) is 0 Å². The molecule has 0 spiro atoms. The maximum atomic E-state index is 13.2. The molecule has 0 unspecified atom stereocenters. The van der Waals surface area contributed by atoms with Crippen LogP contribution in [-0.4, -0.2) is 61.1 Å². The second-order valence-corrected chi connectivity index (χ2v) is 9.13. The maximum absolute atomic E-state index is 13.2. The summed E-state index contributed by atoms with van der Waals surface area (Å²) < 4.78 is 4.25. The third-order valence-electron chi connectivity index (χ3n) is 5.71. The van der Waals surface area contributed by atoms with Crippen LogP contribution in [0.1, 0.15) is 22.5 Å². The van der Waals surface area contributed by atoms with E-state index < -0.39 is 0 Å². The Hall–Kier alpha value is -3.76. The minimum absolute atomic E-state index is 0.136. The number of nitrogens with one attached hydrogen (secondary N) is 2. The van der Waals surface area contributed by atoms with Gasteiger partial charge in [-0.05, 0) is 37.1 Å². The predicted octanol–water partition coefficient (Wildman–Crippen LogP) is 4.15. The van der Waals surface area contributed by atoms with E-state index in [-0.39, 0.29) is 23.9 Å². The predicted molar refractivity (Wildman–Crippen MR) is 137 cm³/mol. The number of piperidine rings is 1. The normalized spacial score (nSPS) is 16.7. The van der Waals surface area contributed by atoms with Crippen molar-refractivity contribution in [1.29, 1.82) is 0 Å². The van der Waals surface area contributed by atoms with E-state index in [9.17, 15) is 14.4 Å². The second kappa shape index (κ2) is 10.7. The number of anilines is 3. The Balaban J connectivity index is 0.000000917. The van der Waals surface area contributed by atoms with Crippen molar-refractivity contribution in [2.24, 2.45) is 0 Å². The molecular formula is C25H27N5O4S. The lowest BCUT2D eigenvalue weighted by atomic mass is 10.1. The fourth-order valence-corrected chi connectivity index (χ4v) is 5.28. The van der Waals surface area contributed by atoms with E-state index in [2.05, 4.69) is 26.9 Å². The van der Waals surface area contributed by atoms with Crippen molar-refractivity contribution < 1.29 is 19.1 Å². The van der Waals surface area contributed by atoms with Gasteiger partial charge < -0.3 is 20.3 Å². The Morgan fingerprint density at radius 1 is 1.26 bits per heavy atom. The lowest BCUT2D eigenvalue weighted by Crippen LogP contribution is -2.49. The number of carbonyl (C=O) groups is 3. The van der Waals surface area contributed by atoms with Gasteiger partial charge in [-0.1, -0.05) is 24.8 Å². The number of hydrogen-bond acceptors (Lipinski definition) is 6. The summed E-state index contributed by atoms with van der Waals surface area (Å²) in [6.07, 6.45) is 4.53. The molecule has 0 radical (unpaired) electrons. The SMILES string of the molecule is C=CC(=O)N1CCC[C@@H](NC(=O)c2sc3nccc4c3c2NC(=O)N4c2ccccc2)C1.COC. The van der Waals surface area contributed by atoms with E-state index in [0.717, 1.165) is 23.9 Å². The molecule has 0 saturated carbocycles. The van der Waals surface area contributed by atoms with Crippen LogP contribution in [0.25, 0.3) is 10.2 Å². The molecule has 0 bridgehead atoms. The summed E-state index contributed by atoms with van der Waals surface area (Å²) >= 11 is 1.25. The van der Waals surface area contributed by atoms with Gasteiger partial charge in [-0.15, -0.1) is 11.3 Å². The van der Waals surface area contributed by atoms with Crippen LogP contribution in [-0.2, 0) is 9.53 Å². The number of benzene rings is 1. The first kappa shape index (κ1) is 24.4. The third kappa shape index (κ3) is 4.89. The van der Waals surface area contributed by atoms with Crippen molar-refractivity contribution in [2.45, 2.75) is 18.9 Å². The zero-order chi connectivity index (χ0) is 24.9. The summed E-state index contributed by atoms with van der Waals surface area (Å²) in [4.78, 5) is 47.0. The molecule has 1 atom stereocenters. The van der Waals surface area contributed by atoms with Crippen LogP contribution in [0.5, 0.6) is 0 Å². The number of para-hydroxylation sites is 1. The zero-order valence-corrected chi connectivity index (χ0v) is 20.4. The van der Waals surface area contributed by atoms with Gasteiger partial charge in [0.15, 0.2) is 0 Å². The lowest BCUT2D eigenvalue weighted by molar-refractivity contribution is -0.127. The van der Waals surface area contributed by atoms with Crippen molar-refractivity contribution in [3.63, 3.8) is 0 Å². The molecule has 3 aromatic rings. The summed E-state index contributed by atoms with van der Waals surface area (Å²) in [5.41, 5.74) is 1.91. The molecule has 182 valence electrons. The Kier molecular flexibility index (Phi) is 7.42. The highest BCUT2D eigenvalue weighted by Crippen LogP contribution is 2.45. The largest absolute Gasteiger partial charge is 0.388 e. The van der Waals surface area contributed by atoms with E-state index in [1.807, 2.05) is 30.3 Å². The molecule has 0 aliphatic carbocycles. The van der Waals surface area contributed by atoms with E-state index in [1.54, 1.807) is 36.3 Å². The van der Waals surface area contributed by atoms with Gasteiger partial charge in [0.2, 0.25) is 5.91 Å². The topological polar surface area (TPSA) is 104 Å². The Morgan fingerprint density at radius 3 is 2.71 bits per heavy atom. The Bertz CT molecular complexity index is 1260. The molecule has 2 aliphatic rings. The van der Waals surface area contributed by atoms with Crippen LogP contribution < -0.4 is 15.5 Å². The molecule has 10 heteroatoms. The van der Waals surface area contributed by atoms with Crippen LogP contribution >= 0.6 is 11.3 Å². The fraction of sp³-hybridized carbons (Fsp3) is 0.280. The second-order valence-electron chi connectivity index (χ2n) is 8.13. The molecule has 5 rings (SSSR count). The summed E-state index contributed by atoms with van der Waals surface area (Å²) in [6.45, 7) is 4.63. The molecule has 1 aromatic carbocycles. The first-order chi connectivity index (χ1) is 17.0. The van der Waals surface area contributed by atoms with Gasteiger partial charge in [0.05, 0.1) is 22.4 Å². The van der Waals surface area contributed by atoms with E-state index in [1.165, 1.54) is 17.4 Å². The molecule has 1 saturated heterocycles. The fourth-order valence-electron chi connectivity index (χ4n) is 4.25. The number of urea groups is 1. The number of amides is 4. The van der Waals surface area contributed by atoms with Gasteiger partial charge in [-0.2, -0.15) is 0 Å². The summed E-state index contributed by atoms with van der Waals surface area (Å²) in [5, 5.41) is 6.67. The highest BCUT2D eigenvalue weighted by Gasteiger charge is 2.33. The number of nitrogens with zero attached hydrogens (tertiary/aromatic N) is 3. The van der Waals surface area contributed by atoms with Crippen LogP contribution in [0.3, 0.4) is 0 Å². The smallest absolute Gasteiger partial charge is 0.331 e. The van der Waals surface area contributed by atoms with Gasteiger partial charge in [-0.3, -0.25) is 14.5 Å². The van der Waals surface area contributed by atoms with Crippen molar-refractivity contribution in [3.05, 3.63) is 60.1 Å². The zero-order valence-electron chi connectivity index (χ0n) is 19.6. The number of hydrogen-bond donors (Lipinski definition) is 2. The number of rotatable bonds is 4. The molecule has 4 heterocycles. The first-order valence-electron chi connectivity index (χ1n) is 11.2. The molecule has 2 aromatic heterocycles. The van der Waals surface area contributed by atoms with Crippen molar-refractivity contribution in [2.75, 3.05) is 37.5 Å². The monoisotopic (exact) mass is 493 g/mol. The maximum Gasteiger partial charge on any atom is 0.331 e. The number of ether oxygens (including phenoxy) is 1. The number of carbonyl (C=O) groups excluding carboxylic acids is 3. The quantitative estimate of drug-likeness (QED) is 0.532. The van der Waals surface area contributed by atoms with E-state index >= 15 is 0 Å². The third-order valence-corrected chi connectivity index (χ3v) is 6.81. The lowest BCUT2D eigenvalue weighted by Gasteiger charge is -2.32. The van der Waals surface area contributed by atoms with Crippen LogP contribution in [0.2, 0.25) is 0 Å². The van der Waals surface area contributed by atoms with E-state index in [0.29, 0.717) is 34.2 Å². The number of methoxy groups -OCH3 is 1. The molecule has 4 amide bonds. The van der Waals surface area contributed by atoms with Crippen molar-refractivity contribution >= 4 is 56.5 Å². The molecule has 2 aliphatic heterocycles. The average molecular weight is 494 g/mol. The van der Waals surface area contributed by atoms with Gasteiger partial charge in [-0.25, -0.2) is 9.78 Å². The van der Waals surface area contributed by atoms with Gasteiger partial charge in [0, 0.05) is 39.5 Å². The van der Waals surface area contributed by atoms with Crippen molar-refractivity contribution in [3.8, 4) is 0 Å². The van der Waals surface area contributed by atoms with Crippen molar-refractivity contribution in [1.82, 2.24) is 15.2 Å². The minimum atomic E-state index is -0.330. The molecule has 2 N–H and O–H groups in total. The highest BCUT2D eigenvalue weighted by molar-refractivity contribution is 7.21. The summed E-state index contributed by atoms with van der Waals surface area (Å²) in [6, 6.07) is 10.6. The van der Waals surface area contributed by atoms with Gasteiger partial charge >= 0.3 is 6.03 Å². The van der Waals surface area contributed by atoms with Gasteiger partial charge in [0.25, 0.3) is 5.91 Å². The Morgan fingerprint density at radius 2 is 2.00 bits per heavy atom. The first-order valence-corrected chi connectivity index (χ1v) is 12.0. The number of thiophene rings is 1. The standard InChI is InChI=1S/C23H21N5O3S.C2H6O/c1-2-17(29)27-12-6-7-14(13-27)25-21(30)20-19-18-16(10-11-24-22(18)32-20)28(23(31)26-19)15-8-4-3-5-9-15;1-3-2/h2-5,8-11,14H,1,6-7,12-13H2,(H,25,30)(H,26,31);1-2H3/t14-;/m1./s1. The van der Waals surface area contributed by atoms with E-state index in [4.69, 9.17) is 0 Å². The number of pyridine rings is 1. The van der Waals surface area contributed by atoms with Crippen LogP contribution in [0.15, 0.2) is 55.3 Å². The highest BCUT2D eigenvalue weighted by atomic mass is 32.1. The molecular weight excluding hydrogens is 466 g/mol. The summed E-state index contributed by atoms with van der Waals surface area (Å²) in [7, 11) is 3.25. The molecule has 9 nitrogen and oxygen atoms in total. The summed E-state index contributed by atoms with van der Waals surface area (Å²) in [5.74, 6) is -0.414. The van der Waals surface area contributed by atoms with Crippen LogP contribution in [0.4, 0.5) is 21.9 Å². The average Bonchev–Trinajstić information content (AvgIpc) is 3.24.